The second kappa shape index (κ2) is 10.5. The van der Waals surface area contributed by atoms with E-state index in [0.717, 1.165) is 25.1 Å². The Balaban J connectivity index is 1.47. The zero-order valence-electron chi connectivity index (χ0n) is 19.7. The van der Waals surface area contributed by atoms with Crippen LogP contribution in [-0.2, 0) is 16.0 Å². The Morgan fingerprint density at radius 1 is 1.03 bits per heavy atom. The lowest BCUT2D eigenvalue weighted by atomic mass is 9.69. The summed E-state index contributed by atoms with van der Waals surface area (Å²) in [6.07, 6.45) is 6.08. The maximum atomic E-state index is 11.5. The molecule has 5 unspecified atom stereocenters. The number of carbonyl (C=O) groups excluding carboxylic acids is 1. The van der Waals surface area contributed by atoms with Gasteiger partial charge in [-0.1, -0.05) is 42.5 Å². The van der Waals surface area contributed by atoms with Crippen molar-refractivity contribution in [2.24, 2.45) is 17.8 Å². The van der Waals surface area contributed by atoms with Gasteiger partial charge in [0.1, 0.15) is 5.75 Å². The second-order valence-corrected chi connectivity index (χ2v) is 9.75. The Morgan fingerprint density at radius 2 is 1.75 bits per heavy atom. The third-order valence-corrected chi connectivity index (χ3v) is 7.57. The van der Waals surface area contributed by atoms with Crippen molar-refractivity contribution in [3.8, 4) is 5.75 Å². The molecule has 4 rings (SSSR count). The number of likely N-dealkylation sites (tertiary alicyclic amines) is 1. The minimum atomic E-state index is -0.171. The lowest BCUT2D eigenvalue weighted by molar-refractivity contribution is -0.144. The summed E-state index contributed by atoms with van der Waals surface area (Å²) < 4.78 is 10.8. The lowest BCUT2D eigenvalue weighted by Crippen LogP contribution is -2.52. The average molecular weight is 436 g/mol. The Morgan fingerprint density at radius 3 is 2.44 bits per heavy atom. The molecule has 0 N–H and O–H groups in total. The molecule has 4 heteroatoms. The van der Waals surface area contributed by atoms with Gasteiger partial charge in [0, 0.05) is 31.5 Å². The van der Waals surface area contributed by atoms with Gasteiger partial charge in [-0.3, -0.25) is 9.69 Å². The zero-order valence-corrected chi connectivity index (χ0v) is 19.7. The fraction of sp³-hybridized carbons (Fsp3) is 0.536. The summed E-state index contributed by atoms with van der Waals surface area (Å²) in [5.41, 5.74) is 2.77. The van der Waals surface area contributed by atoms with Crippen LogP contribution in [0.4, 0.5) is 0 Å². The van der Waals surface area contributed by atoms with Gasteiger partial charge in [0.05, 0.1) is 13.7 Å². The minimum absolute atomic E-state index is 0.171. The predicted octanol–water partition coefficient (Wildman–Crippen LogP) is 5.67. The van der Waals surface area contributed by atoms with Crippen LogP contribution in [-0.4, -0.2) is 37.2 Å². The highest BCUT2D eigenvalue weighted by Gasteiger charge is 2.42. The zero-order chi connectivity index (χ0) is 22.5. The number of methoxy groups -OCH3 is 1. The molecule has 1 saturated carbocycles. The molecule has 5 atom stereocenters. The molecule has 4 nitrogen and oxygen atoms in total. The first-order valence-corrected chi connectivity index (χ1v) is 12.1. The van der Waals surface area contributed by atoms with E-state index in [9.17, 15) is 4.79 Å². The van der Waals surface area contributed by atoms with Crippen molar-refractivity contribution in [2.75, 3.05) is 20.3 Å². The van der Waals surface area contributed by atoms with Crippen molar-refractivity contribution in [2.45, 2.75) is 58.0 Å². The van der Waals surface area contributed by atoms with E-state index in [4.69, 9.17) is 9.47 Å². The molecule has 2 fully saturated rings. The Bertz CT molecular complexity index is 866. The molecule has 1 aliphatic heterocycles. The summed E-state index contributed by atoms with van der Waals surface area (Å²) in [5.74, 6) is 2.53. The summed E-state index contributed by atoms with van der Waals surface area (Å²) in [4.78, 5) is 14.2. The van der Waals surface area contributed by atoms with E-state index in [0.29, 0.717) is 36.4 Å². The van der Waals surface area contributed by atoms with Crippen molar-refractivity contribution in [3.05, 3.63) is 65.7 Å². The number of nitrogens with zero attached hydrogens (tertiary/aromatic N) is 1. The van der Waals surface area contributed by atoms with E-state index in [1.54, 1.807) is 7.11 Å². The highest BCUT2D eigenvalue weighted by Crippen LogP contribution is 2.44. The molecule has 1 aliphatic carbocycles. The molecule has 1 heterocycles. The maximum Gasteiger partial charge on any atom is 0.302 e. The van der Waals surface area contributed by atoms with E-state index in [1.807, 2.05) is 0 Å². The molecule has 172 valence electrons. The summed E-state index contributed by atoms with van der Waals surface area (Å²) in [5, 5.41) is 0. The van der Waals surface area contributed by atoms with Gasteiger partial charge in [-0.05, 0) is 74.1 Å². The highest BCUT2D eigenvalue weighted by molar-refractivity contribution is 5.65. The van der Waals surface area contributed by atoms with Gasteiger partial charge in [-0.2, -0.15) is 0 Å². The summed E-state index contributed by atoms with van der Waals surface area (Å²) >= 11 is 0. The van der Waals surface area contributed by atoms with Crippen LogP contribution < -0.4 is 4.74 Å². The second-order valence-electron chi connectivity index (χ2n) is 9.75. The normalized spacial score (nSPS) is 26.7. The molecule has 2 aromatic rings. The van der Waals surface area contributed by atoms with Gasteiger partial charge in [0.15, 0.2) is 0 Å². The number of benzene rings is 2. The molecule has 1 saturated heterocycles. The predicted molar refractivity (Wildman–Crippen MR) is 128 cm³/mol. The first kappa shape index (κ1) is 22.8. The molecule has 0 amide bonds. The van der Waals surface area contributed by atoms with E-state index >= 15 is 0 Å². The Kier molecular flexibility index (Phi) is 7.51. The standard InChI is InChI=1S/C28H37NO3/c1-20(25-7-5-4-6-8-25)29-18-24(19-32-21(2)30)17-26-16-23(11-14-28(26)29)15-22-9-12-27(31-3)13-10-22/h4-10,12-13,20,23-24,26,28H,11,14-19H2,1-3H3. The van der Waals surface area contributed by atoms with E-state index in [-0.39, 0.29) is 5.97 Å². The molecule has 32 heavy (non-hydrogen) atoms. The van der Waals surface area contributed by atoms with E-state index in [1.165, 1.54) is 37.3 Å². The maximum absolute atomic E-state index is 11.5. The van der Waals surface area contributed by atoms with Gasteiger partial charge in [-0.15, -0.1) is 0 Å². The average Bonchev–Trinajstić information content (AvgIpc) is 2.82. The minimum Gasteiger partial charge on any atom is -0.497 e. The third kappa shape index (κ3) is 5.53. The molecule has 0 spiro atoms. The fourth-order valence-corrected chi connectivity index (χ4v) is 5.98. The van der Waals surface area contributed by atoms with Crippen LogP contribution in [0.15, 0.2) is 54.6 Å². The first-order valence-electron chi connectivity index (χ1n) is 12.1. The van der Waals surface area contributed by atoms with E-state index in [2.05, 4.69) is 66.4 Å². The smallest absolute Gasteiger partial charge is 0.302 e. The number of fused-ring (bicyclic) bond motifs is 1. The van der Waals surface area contributed by atoms with Crippen LogP contribution >= 0.6 is 0 Å². The quantitative estimate of drug-likeness (QED) is 0.525. The van der Waals surface area contributed by atoms with Crippen LogP contribution in [0.3, 0.4) is 0 Å². The van der Waals surface area contributed by atoms with Gasteiger partial charge >= 0.3 is 5.97 Å². The van der Waals surface area contributed by atoms with E-state index < -0.39 is 0 Å². The van der Waals surface area contributed by atoms with Crippen LogP contribution in [0.5, 0.6) is 5.75 Å². The van der Waals surface area contributed by atoms with Crippen LogP contribution in [0.2, 0.25) is 0 Å². The third-order valence-electron chi connectivity index (χ3n) is 7.57. The van der Waals surface area contributed by atoms with Crippen molar-refractivity contribution < 1.29 is 14.3 Å². The Labute approximate surface area is 192 Å². The monoisotopic (exact) mass is 435 g/mol. The van der Waals surface area contributed by atoms with Crippen molar-refractivity contribution >= 4 is 5.97 Å². The first-order chi connectivity index (χ1) is 15.5. The van der Waals surface area contributed by atoms with Crippen LogP contribution in [0, 0.1) is 17.8 Å². The Hall–Kier alpha value is -2.33. The van der Waals surface area contributed by atoms with Gasteiger partial charge in [0.25, 0.3) is 0 Å². The largest absolute Gasteiger partial charge is 0.497 e. The number of piperidine rings is 1. The topological polar surface area (TPSA) is 38.8 Å². The number of ether oxygens (including phenoxy) is 2. The molecule has 2 aromatic carbocycles. The number of carbonyl (C=O) groups is 1. The van der Waals surface area contributed by atoms with Crippen molar-refractivity contribution in [1.82, 2.24) is 4.90 Å². The molecular formula is C28H37NO3. The summed E-state index contributed by atoms with van der Waals surface area (Å²) in [6, 6.07) is 20.4. The number of rotatable bonds is 7. The lowest BCUT2D eigenvalue weighted by Gasteiger charge is -2.51. The number of esters is 1. The van der Waals surface area contributed by atoms with Crippen molar-refractivity contribution in [1.29, 1.82) is 0 Å². The molecule has 2 aliphatic rings. The van der Waals surface area contributed by atoms with Crippen LogP contribution in [0.1, 0.15) is 56.7 Å². The van der Waals surface area contributed by atoms with Gasteiger partial charge < -0.3 is 9.47 Å². The number of hydrogen-bond donors (Lipinski definition) is 0. The summed E-state index contributed by atoms with van der Waals surface area (Å²) in [6.45, 7) is 5.40. The number of hydrogen-bond acceptors (Lipinski definition) is 4. The summed E-state index contributed by atoms with van der Waals surface area (Å²) in [7, 11) is 1.72. The van der Waals surface area contributed by atoms with Crippen molar-refractivity contribution in [3.63, 3.8) is 0 Å². The van der Waals surface area contributed by atoms with Gasteiger partial charge in [-0.25, -0.2) is 0 Å². The fourth-order valence-electron chi connectivity index (χ4n) is 5.98. The van der Waals surface area contributed by atoms with Gasteiger partial charge in [0.2, 0.25) is 0 Å². The van der Waals surface area contributed by atoms with Crippen LogP contribution in [0.25, 0.3) is 0 Å². The molecular weight excluding hydrogens is 398 g/mol. The SMILES string of the molecule is COc1ccc(CC2CCC3C(C2)CC(COC(C)=O)CN3C(C)c2ccccc2)cc1. The molecule has 0 bridgehead atoms. The molecule has 0 aromatic heterocycles. The highest BCUT2D eigenvalue weighted by atomic mass is 16.5. The molecule has 0 radical (unpaired) electrons.